The van der Waals surface area contributed by atoms with Crippen molar-refractivity contribution in [3.05, 3.63) is 52.2 Å². The number of hydrogen-bond acceptors (Lipinski definition) is 3. The Morgan fingerprint density at radius 2 is 2.20 bits per heavy atom. The molecule has 0 saturated carbocycles. The lowest BCUT2D eigenvalue weighted by Crippen LogP contribution is -2.30. The molecule has 0 saturated heterocycles. The summed E-state index contributed by atoms with van der Waals surface area (Å²) >= 11 is 1.70. The summed E-state index contributed by atoms with van der Waals surface area (Å²) in [5, 5.41) is 7.70. The van der Waals surface area contributed by atoms with Crippen molar-refractivity contribution in [3.8, 4) is 0 Å². The number of carbonyl (C=O) groups excluding carboxylic acids is 1. The highest BCUT2D eigenvalue weighted by Gasteiger charge is 2.02. The summed E-state index contributed by atoms with van der Waals surface area (Å²) < 4.78 is 5.07. The fraction of sp³-hybridized carbons (Fsp3) is 0.267. The normalized spacial score (nSPS) is 10.2. The molecule has 0 spiro atoms. The van der Waals surface area contributed by atoms with Crippen LogP contribution in [0.4, 0.5) is 10.5 Å². The molecule has 1 heterocycles. The Kier molecular flexibility index (Phi) is 5.58. The summed E-state index contributed by atoms with van der Waals surface area (Å²) in [4.78, 5) is 13.0. The van der Waals surface area contributed by atoms with Crippen LogP contribution in [0.5, 0.6) is 0 Å². The van der Waals surface area contributed by atoms with Crippen LogP contribution in [0.15, 0.2) is 41.8 Å². The zero-order valence-electron chi connectivity index (χ0n) is 11.4. The van der Waals surface area contributed by atoms with Gasteiger partial charge in [-0.3, -0.25) is 0 Å². The maximum absolute atomic E-state index is 11.8. The third-order valence-electron chi connectivity index (χ3n) is 2.73. The van der Waals surface area contributed by atoms with Crippen LogP contribution >= 0.6 is 11.3 Å². The minimum atomic E-state index is -0.184. The molecular weight excluding hydrogens is 272 g/mol. The molecule has 2 N–H and O–H groups in total. The van der Waals surface area contributed by atoms with E-state index in [-0.39, 0.29) is 6.03 Å². The van der Waals surface area contributed by atoms with Crippen LogP contribution in [0, 0.1) is 0 Å². The molecule has 2 aromatic rings. The van der Waals surface area contributed by atoms with Crippen molar-refractivity contribution < 1.29 is 9.53 Å². The van der Waals surface area contributed by atoms with Gasteiger partial charge in [0.1, 0.15) is 0 Å². The van der Waals surface area contributed by atoms with Gasteiger partial charge in [0.2, 0.25) is 0 Å². The predicted octanol–water partition coefficient (Wildman–Crippen LogP) is 3.26. The second-order valence-corrected chi connectivity index (χ2v) is 5.38. The topological polar surface area (TPSA) is 50.4 Å². The van der Waals surface area contributed by atoms with Crippen molar-refractivity contribution in [2.24, 2.45) is 0 Å². The van der Waals surface area contributed by atoms with Crippen molar-refractivity contribution >= 4 is 23.1 Å². The van der Waals surface area contributed by atoms with Crippen molar-refractivity contribution in [3.63, 3.8) is 0 Å². The Bertz CT molecular complexity index is 541. The summed E-state index contributed by atoms with van der Waals surface area (Å²) in [6, 6.07) is 11.5. The average Bonchev–Trinajstić information content (AvgIpc) is 2.93. The van der Waals surface area contributed by atoms with E-state index in [1.165, 1.54) is 4.88 Å². The number of hydrogen-bond donors (Lipinski definition) is 2. The van der Waals surface area contributed by atoms with Crippen LogP contribution in [-0.4, -0.2) is 19.7 Å². The first-order valence-corrected chi connectivity index (χ1v) is 7.31. The van der Waals surface area contributed by atoms with Gasteiger partial charge in [-0.1, -0.05) is 18.2 Å². The third-order valence-corrected chi connectivity index (χ3v) is 3.67. The molecule has 0 aliphatic heterocycles. The summed E-state index contributed by atoms with van der Waals surface area (Å²) in [6.45, 7) is 1.17. The minimum absolute atomic E-state index is 0.184. The van der Waals surface area contributed by atoms with E-state index in [1.807, 2.05) is 35.7 Å². The third kappa shape index (κ3) is 4.68. The number of anilines is 1. The van der Waals surface area contributed by atoms with E-state index in [1.54, 1.807) is 18.4 Å². The molecule has 1 aromatic heterocycles. The van der Waals surface area contributed by atoms with Gasteiger partial charge in [-0.2, -0.15) is 0 Å². The summed E-state index contributed by atoms with van der Waals surface area (Å²) in [5.74, 6) is 0. The standard InChI is InChI=1S/C15H18N2O2S/c1-19-11-12-4-2-5-13(10-12)17-15(18)16-8-7-14-6-3-9-20-14/h2-6,9-10H,7-8,11H2,1H3,(H2,16,17,18). The van der Waals surface area contributed by atoms with Crippen molar-refractivity contribution in [1.82, 2.24) is 5.32 Å². The second-order valence-electron chi connectivity index (χ2n) is 4.34. The second kappa shape index (κ2) is 7.67. The SMILES string of the molecule is COCc1cccc(NC(=O)NCCc2cccs2)c1. The molecule has 4 nitrogen and oxygen atoms in total. The smallest absolute Gasteiger partial charge is 0.319 e. The van der Waals surface area contributed by atoms with Crippen LogP contribution in [0.25, 0.3) is 0 Å². The van der Waals surface area contributed by atoms with Crippen LogP contribution in [0.3, 0.4) is 0 Å². The molecule has 0 unspecified atom stereocenters. The quantitative estimate of drug-likeness (QED) is 0.858. The molecule has 1 aromatic carbocycles. The van der Waals surface area contributed by atoms with E-state index in [4.69, 9.17) is 4.74 Å². The Hall–Kier alpha value is -1.85. The lowest BCUT2D eigenvalue weighted by molar-refractivity contribution is 0.185. The van der Waals surface area contributed by atoms with E-state index < -0.39 is 0 Å². The van der Waals surface area contributed by atoms with Crippen LogP contribution in [0.1, 0.15) is 10.4 Å². The van der Waals surface area contributed by atoms with Gasteiger partial charge < -0.3 is 15.4 Å². The molecule has 5 heteroatoms. The molecule has 0 bridgehead atoms. The number of rotatable bonds is 6. The molecule has 2 rings (SSSR count). The Balaban J connectivity index is 1.77. The number of ether oxygens (including phenoxy) is 1. The number of thiophene rings is 1. The lowest BCUT2D eigenvalue weighted by Gasteiger charge is -2.08. The number of urea groups is 1. The highest BCUT2D eigenvalue weighted by molar-refractivity contribution is 7.09. The van der Waals surface area contributed by atoms with Gasteiger partial charge in [-0.25, -0.2) is 4.79 Å². The fourth-order valence-corrected chi connectivity index (χ4v) is 2.54. The summed E-state index contributed by atoms with van der Waals surface area (Å²) in [5.41, 5.74) is 1.80. The molecule has 0 aliphatic carbocycles. The van der Waals surface area contributed by atoms with Gasteiger partial charge >= 0.3 is 6.03 Å². The maximum atomic E-state index is 11.8. The zero-order valence-corrected chi connectivity index (χ0v) is 12.2. The largest absolute Gasteiger partial charge is 0.380 e. The highest BCUT2D eigenvalue weighted by Crippen LogP contribution is 2.11. The Labute approximate surface area is 122 Å². The molecule has 0 aliphatic rings. The first-order valence-electron chi connectivity index (χ1n) is 6.43. The van der Waals surface area contributed by atoms with Crippen molar-refractivity contribution in [2.45, 2.75) is 13.0 Å². The molecule has 0 radical (unpaired) electrons. The first-order chi connectivity index (χ1) is 9.78. The van der Waals surface area contributed by atoms with E-state index in [0.717, 1.165) is 17.7 Å². The van der Waals surface area contributed by atoms with E-state index >= 15 is 0 Å². The lowest BCUT2D eigenvalue weighted by atomic mass is 10.2. The van der Waals surface area contributed by atoms with Gasteiger partial charge in [0, 0.05) is 24.2 Å². The number of carbonyl (C=O) groups is 1. The molecule has 0 fully saturated rings. The van der Waals surface area contributed by atoms with Crippen LogP contribution in [-0.2, 0) is 17.8 Å². The zero-order chi connectivity index (χ0) is 14.2. The van der Waals surface area contributed by atoms with Gasteiger partial charge in [-0.15, -0.1) is 11.3 Å². The van der Waals surface area contributed by atoms with E-state index in [9.17, 15) is 4.79 Å². The highest BCUT2D eigenvalue weighted by atomic mass is 32.1. The molecule has 2 amide bonds. The maximum Gasteiger partial charge on any atom is 0.319 e. The average molecular weight is 290 g/mol. The number of amides is 2. The van der Waals surface area contributed by atoms with Crippen LogP contribution in [0.2, 0.25) is 0 Å². The van der Waals surface area contributed by atoms with Crippen LogP contribution < -0.4 is 10.6 Å². The predicted molar refractivity (Wildman–Crippen MR) is 82.2 cm³/mol. The van der Waals surface area contributed by atoms with E-state index in [2.05, 4.69) is 16.7 Å². The fourth-order valence-electron chi connectivity index (χ4n) is 1.83. The van der Waals surface area contributed by atoms with Gasteiger partial charge in [0.25, 0.3) is 0 Å². The number of nitrogens with one attached hydrogen (secondary N) is 2. The first kappa shape index (κ1) is 14.6. The monoisotopic (exact) mass is 290 g/mol. The Morgan fingerprint density at radius 1 is 1.30 bits per heavy atom. The molecule has 20 heavy (non-hydrogen) atoms. The van der Waals surface area contributed by atoms with Gasteiger partial charge in [0.15, 0.2) is 0 Å². The molecule has 0 atom stereocenters. The van der Waals surface area contributed by atoms with E-state index in [0.29, 0.717) is 13.2 Å². The summed E-state index contributed by atoms with van der Waals surface area (Å²) in [7, 11) is 1.65. The Morgan fingerprint density at radius 3 is 2.95 bits per heavy atom. The van der Waals surface area contributed by atoms with Crippen molar-refractivity contribution in [1.29, 1.82) is 0 Å². The van der Waals surface area contributed by atoms with Gasteiger partial charge in [0.05, 0.1) is 6.61 Å². The number of benzene rings is 1. The summed E-state index contributed by atoms with van der Waals surface area (Å²) in [6.07, 6.45) is 0.856. The number of methoxy groups -OCH3 is 1. The van der Waals surface area contributed by atoms with Crippen molar-refractivity contribution in [2.75, 3.05) is 19.0 Å². The minimum Gasteiger partial charge on any atom is -0.380 e. The molecular formula is C15H18N2O2S. The molecule has 106 valence electrons. The van der Waals surface area contributed by atoms with Gasteiger partial charge in [-0.05, 0) is 35.6 Å².